The van der Waals surface area contributed by atoms with E-state index in [0.717, 1.165) is 13.0 Å². The van der Waals surface area contributed by atoms with E-state index in [1.165, 1.54) is 0 Å². The van der Waals surface area contributed by atoms with Crippen molar-refractivity contribution in [1.29, 1.82) is 0 Å². The van der Waals surface area contributed by atoms with Gasteiger partial charge in [0.2, 0.25) is 5.91 Å². The molecule has 0 spiro atoms. The van der Waals surface area contributed by atoms with Gasteiger partial charge < -0.3 is 10.2 Å². The normalized spacial score (nSPS) is 33.1. The summed E-state index contributed by atoms with van der Waals surface area (Å²) < 4.78 is 0. The Morgan fingerprint density at radius 2 is 1.89 bits per heavy atom. The second-order valence-corrected chi connectivity index (χ2v) is 5.87. The van der Waals surface area contributed by atoms with Gasteiger partial charge in [-0.2, -0.15) is 0 Å². The Balaban J connectivity index is 1.96. The molecule has 1 fully saturated rings. The SMILES string of the molecule is CN(C)CCNC(=O)C1C2C=CC(C2)C1C(=O)S. The van der Waals surface area contributed by atoms with Gasteiger partial charge in [0.05, 0.1) is 5.92 Å². The van der Waals surface area contributed by atoms with E-state index in [1.54, 1.807) is 0 Å². The first-order chi connectivity index (χ1) is 8.50. The van der Waals surface area contributed by atoms with Crippen LogP contribution in [0.3, 0.4) is 0 Å². The topological polar surface area (TPSA) is 49.4 Å². The summed E-state index contributed by atoms with van der Waals surface area (Å²) in [6.07, 6.45) is 5.06. The minimum atomic E-state index is -0.234. The number of fused-ring (bicyclic) bond motifs is 2. The second-order valence-electron chi connectivity index (χ2n) is 5.43. The third kappa shape index (κ3) is 2.62. The Morgan fingerprint density at radius 1 is 1.28 bits per heavy atom. The highest BCUT2D eigenvalue weighted by molar-refractivity contribution is 7.96. The molecule has 100 valence electrons. The molecule has 1 saturated carbocycles. The predicted octanol–water partition coefficient (Wildman–Crippen LogP) is 0.559. The fourth-order valence-corrected chi connectivity index (χ4v) is 3.39. The molecule has 0 radical (unpaired) electrons. The van der Waals surface area contributed by atoms with Crippen molar-refractivity contribution in [2.24, 2.45) is 23.7 Å². The van der Waals surface area contributed by atoms with E-state index in [0.29, 0.717) is 6.54 Å². The van der Waals surface area contributed by atoms with Gasteiger partial charge in [-0.15, -0.1) is 12.6 Å². The van der Waals surface area contributed by atoms with Crippen LogP contribution < -0.4 is 5.32 Å². The molecule has 2 bridgehead atoms. The molecule has 0 aromatic rings. The minimum absolute atomic E-state index is 0.00102. The van der Waals surface area contributed by atoms with E-state index in [4.69, 9.17) is 0 Å². The van der Waals surface area contributed by atoms with E-state index in [2.05, 4.69) is 30.1 Å². The molecular formula is C13H20N2O2S. The largest absolute Gasteiger partial charge is 0.355 e. The Hall–Kier alpha value is -0.810. The van der Waals surface area contributed by atoms with E-state index >= 15 is 0 Å². The zero-order chi connectivity index (χ0) is 13.3. The molecule has 0 aromatic carbocycles. The number of amides is 1. The fourth-order valence-electron chi connectivity index (χ4n) is 3.04. The van der Waals surface area contributed by atoms with Crippen LogP contribution in [0.1, 0.15) is 6.42 Å². The first-order valence-electron chi connectivity index (χ1n) is 6.34. The van der Waals surface area contributed by atoms with Crippen LogP contribution in [0.25, 0.3) is 0 Å². The summed E-state index contributed by atoms with van der Waals surface area (Å²) in [6, 6.07) is 0. The van der Waals surface area contributed by atoms with E-state index in [1.807, 2.05) is 19.0 Å². The van der Waals surface area contributed by atoms with E-state index in [-0.39, 0.29) is 34.7 Å². The number of allylic oxidation sites excluding steroid dienone is 2. The zero-order valence-corrected chi connectivity index (χ0v) is 11.7. The summed E-state index contributed by atoms with van der Waals surface area (Å²) in [5, 5.41) is 2.77. The maximum absolute atomic E-state index is 12.2. The molecule has 0 heterocycles. The standard InChI is InChI=1S/C13H20N2O2S/c1-15(2)6-5-14-12(16)10-8-3-4-9(7-8)11(10)13(17)18/h3-4,8-11H,5-7H2,1-2H3,(H,14,16)(H,17,18). The van der Waals surface area contributed by atoms with Gasteiger partial charge in [0.15, 0.2) is 5.12 Å². The lowest BCUT2D eigenvalue weighted by Crippen LogP contribution is -2.41. The summed E-state index contributed by atoms with van der Waals surface area (Å²) >= 11 is 3.94. The summed E-state index contributed by atoms with van der Waals surface area (Å²) in [5.41, 5.74) is 0. The average Bonchev–Trinajstić information content (AvgIpc) is 2.87. The molecular weight excluding hydrogens is 248 g/mol. The molecule has 0 aromatic heterocycles. The molecule has 0 aliphatic heterocycles. The van der Waals surface area contributed by atoms with Crippen molar-refractivity contribution in [3.05, 3.63) is 12.2 Å². The Bertz CT molecular complexity index is 381. The quantitative estimate of drug-likeness (QED) is 0.566. The lowest BCUT2D eigenvalue weighted by molar-refractivity contribution is -0.130. The lowest BCUT2D eigenvalue weighted by atomic mass is 9.83. The number of hydrogen-bond acceptors (Lipinski definition) is 3. The van der Waals surface area contributed by atoms with Crippen molar-refractivity contribution < 1.29 is 9.59 Å². The van der Waals surface area contributed by atoms with Crippen LogP contribution in [0.2, 0.25) is 0 Å². The Morgan fingerprint density at radius 3 is 2.44 bits per heavy atom. The van der Waals surface area contributed by atoms with Gasteiger partial charge in [0, 0.05) is 19.0 Å². The molecule has 0 saturated heterocycles. The van der Waals surface area contributed by atoms with Crippen molar-refractivity contribution in [2.45, 2.75) is 6.42 Å². The van der Waals surface area contributed by atoms with Crippen LogP contribution in [0, 0.1) is 23.7 Å². The van der Waals surface area contributed by atoms with Crippen LogP contribution in [0.15, 0.2) is 12.2 Å². The van der Waals surface area contributed by atoms with Gasteiger partial charge in [-0.1, -0.05) is 12.2 Å². The fraction of sp³-hybridized carbons (Fsp3) is 0.692. The molecule has 4 nitrogen and oxygen atoms in total. The highest BCUT2D eigenvalue weighted by Gasteiger charge is 2.50. The third-order valence-corrected chi connectivity index (χ3v) is 4.20. The van der Waals surface area contributed by atoms with Crippen LogP contribution in [0.5, 0.6) is 0 Å². The minimum Gasteiger partial charge on any atom is -0.355 e. The van der Waals surface area contributed by atoms with Gasteiger partial charge in [-0.05, 0) is 32.4 Å². The lowest BCUT2D eigenvalue weighted by Gasteiger charge is -2.24. The van der Waals surface area contributed by atoms with E-state index in [9.17, 15) is 9.59 Å². The van der Waals surface area contributed by atoms with Crippen LogP contribution in [-0.2, 0) is 9.59 Å². The molecule has 2 rings (SSSR count). The van der Waals surface area contributed by atoms with Gasteiger partial charge >= 0.3 is 0 Å². The average molecular weight is 268 g/mol. The molecule has 1 N–H and O–H groups in total. The summed E-state index contributed by atoms with van der Waals surface area (Å²) in [4.78, 5) is 25.8. The molecule has 4 unspecified atom stereocenters. The number of thiol groups is 1. The molecule has 2 aliphatic carbocycles. The van der Waals surface area contributed by atoms with Crippen molar-refractivity contribution in [3.63, 3.8) is 0 Å². The number of carbonyl (C=O) groups excluding carboxylic acids is 2. The first-order valence-corrected chi connectivity index (χ1v) is 6.79. The summed E-state index contributed by atoms with van der Waals surface area (Å²) in [5.74, 6) is -0.0176. The van der Waals surface area contributed by atoms with Crippen molar-refractivity contribution in [2.75, 3.05) is 27.2 Å². The highest BCUT2D eigenvalue weighted by atomic mass is 32.1. The first kappa shape index (κ1) is 13.6. The van der Waals surface area contributed by atoms with Crippen LogP contribution >= 0.6 is 12.6 Å². The second kappa shape index (κ2) is 5.45. The number of likely N-dealkylation sites (N-methyl/N-ethyl adjacent to an activating group) is 1. The van der Waals surface area contributed by atoms with Gasteiger partial charge in [-0.3, -0.25) is 9.59 Å². The Kier molecular flexibility index (Phi) is 4.12. The smallest absolute Gasteiger partial charge is 0.224 e. The molecule has 5 heteroatoms. The van der Waals surface area contributed by atoms with Crippen LogP contribution in [0.4, 0.5) is 0 Å². The maximum Gasteiger partial charge on any atom is 0.224 e. The number of rotatable bonds is 5. The van der Waals surface area contributed by atoms with Gasteiger partial charge in [0.25, 0.3) is 0 Å². The number of hydrogen-bond donors (Lipinski definition) is 2. The zero-order valence-electron chi connectivity index (χ0n) is 10.8. The number of carbonyl (C=O) groups is 2. The number of nitrogens with zero attached hydrogens (tertiary/aromatic N) is 1. The maximum atomic E-state index is 12.2. The summed E-state index contributed by atoms with van der Waals surface area (Å²) in [6.45, 7) is 1.43. The van der Waals surface area contributed by atoms with Crippen LogP contribution in [-0.4, -0.2) is 43.1 Å². The van der Waals surface area contributed by atoms with Crippen molar-refractivity contribution >= 4 is 23.7 Å². The molecule has 2 aliphatic rings. The van der Waals surface area contributed by atoms with E-state index < -0.39 is 0 Å². The molecule has 18 heavy (non-hydrogen) atoms. The van der Waals surface area contributed by atoms with Gasteiger partial charge in [-0.25, -0.2) is 0 Å². The van der Waals surface area contributed by atoms with Gasteiger partial charge in [0.1, 0.15) is 0 Å². The molecule has 1 amide bonds. The highest BCUT2D eigenvalue weighted by Crippen LogP contribution is 2.48. The van der Waals surface area contributed by atoms with Crippen molar-refractivity contribution in [1.82, 2.24) is 10.2 Å². The molecule has 4 atom stereocenters. The predicted molar refractivity (Wildman–Crippen MR) is 73.3 cm³/mol. The third-order valence-electron chi connectivity index (χ3n) is 3.91. The summed E-state index contributed by atoms with van der Waals surface area (Å²) in [7, 11) is 3.93. The van der Waals surface area contributed by atoms with Crippen molar-refractivity contribution in [3.8, 4) is 0 Å². The monoisotopic (exact) mass is 268 g/mol. The Labute approximate surface area is 113 Å². The number of nitrogens with one attached hydrogen (secondary N) is 1.